The molecule has 21 heavy (non-hydrogen) atoms. The van der Waals surface area contributed by atoms with Gasteiger partial charge in [0.1, 0.15) is 12.1 Å². The molecule has 0 unspecified atom stereocenters. The van der Waals surface area contributed by atoms with Crippen LogP contribution in [-0.2, 0) is 4.79 Å². The summed E-state index contributed by atoms with van der Waals surface area (Å²) in [6, 6.07) is -0.336. The summed E-state index contributed by atoms with van der Waals surface area (Å²) in [5.41, 5.74) is 0.0974. The van der Waals surface area contributed by atoms with Crippen LogP contribution in [0.1, 0.15) is 29.9 Å². The fourth-order valence-electron chi connectivity index (χ4n) is 1.96. The smallest absolute Gasteiger partial charge is 0.323 e. The van der Waals surface area contributed by atoms with Gasteiger partial charge >= 0.3 is 5.97 Å². The highest BCUT2D eigenvalue weighted by Crippen LogP contribution is 2.12. The molecule has 2 aromatic rings. The van der Waals surface area contributed by atoms with Crippen LogP contribution in [0.4, 0.5) is 0 Å². The van der Waals surface area contributed by atoms with Crippen LogP contribution in [0.3, 0.4) is 0 Å². The summed E-state index contributed by atoms with van der Waals surface area (Å²) < 4.78 is 1.36. The van der Waals surface area contributed by atoms with Gasteiger partial charge in [0.2, 0.25) is 0 Å². The number of aromatic nitrogens is 2. The molecular formula is C13H15N3O4S. The number of rotatable bonds is 4. The molecule has 0 atom stereocenters. The predicted molar refractivity (Wildman–Crippen MR) is 77.9 cm³/mol. The molecule has 0 saturated heterocycles. The number of amides is 1. The fraction of sp³-hybridized carbons (Fsp3) is 0.385. The lowest BCUT2D eigenvalue weighted by Gasteiger charge is -2.24. The van der Waals surface area contributed by atoms with Crippen LogP contribution < -0.4 is 5.56 Å². The van der Waals surface area contributed by atoms with E-state index in [1.54, 1.807) is 26.2 Å². The summed E-state index contributed by atoms with van der Waals surface area (Å²) in [7, 11) is 0. The molecule has 2 heterocycles. The number of carboxylic acid groups (broad SMARTS) is 1. The van der Waals surface area contributed by atoms with Crippen molar-refractivity contribution >= 4 is 28.2 Å². The van der Waals surface area contributed by atoms with Gasteiger partial charge in [-0.25, -0.2) is 4.98 Å². The van der Waals surface area contributed by atoms with Crippen LogP contribution in [0.2, 0.25) is 0 Å². The minimum absolute atomic E-state index is 0.121. The fourth-order valence-corrected chi connectivity index (χ4v) is 2.79. The number of aryl methyl sites for hydroxylation is 1. The van der Waals surface area contributed by atoms with Crippen LogP contribution in [0.15, 0.2) is 16.4 Å². The SMILES string of the molecule is Cc1csc2ncc(C(=O)N(CC(=O)O)C(C)C)c(=O)n12. The van der Waals surface area contributed by atoms with Gasteiger partial charge in [0, 0.05) is 23.3 Å². The maximum atomic E-state index is 12.4. The van der Waals surface area contributed by atoms with E-state index in [-0.39, 0.29) is 11.6 Å². The Morgan fingerprint density at radius 3 is 2.71 bits per heavy atom. The van der Waals surface area contributed by atoms with Crippen molar-refractivity contribution in [3.05, 3.63) is 33.2 Å². The van der Waals surface area contributed by atoms with Crippen molar-refractivity contribution in [3.63, 3.8) is 0 Å². The Labute approximate surface area is 124 Å². The van der Waals surface area contributed by atoms with E-state index in [4.69, 9.17) is 5.11 Å². The van der Waals surface area contributed by atoms with E-state index in [0.29, 0.717) is 10.7 Å². The molecule has 2 rings (SSSR count). The van der Waals surface area contributed by atoms with Crippen molar-refractivity contribution in [2.45, 2.75) is 26.8 Å². The summed E-state index contributed by atoms with van der Waals surface area (Å²) in [6.07, 6.45) is 1.22. The Morgan fingerprint density at radius 2 is 2.14 bits per heavy atom. The number of hydrogen-bond acceptors (Lipinski definition) is 5. The Bertz CT molecular complexity index is 762. The van der Waals surface area contributed by atoms with E-state index in [1.807, 2.05) is 0 Å². The number of carbonyl (C=O) groups is 2. The second kappa shape index (κ2) is 5.65. The zero-order chi connectivity index (χ0) is 15.7. The van der Waals surface area contributed by atoms with Gasteiger partial charge in [-0.1, -0.05) is 0 Å². The number of fused-ring (bicyclic) bond motifs is 1. The first kappa shape index (κ1) is 15.2. The average molecular weight is 309 g/mol. The first-order valence-electron chi connectivity index (χ1n) is 6.31. The van der Waals surface area contributed by atoms with Crippen molar-refractivity contribution in [1.29, 1.82) is 0 Å². The molecule has 0 aromatic carbocycles. The van der Waals surface area contributed by atoms with Crippen LogP contribution >= 0.6 is 11.3 Å². The second-order valence-corrected chi connectivity index (χ2v) is 5.73. The molecule has 0 bridgehead atoms. The van der Waals surface area contributed by atoms with Crippen LogP contribution in [0.5, 0.6) is 0 Å². The summed E-state index contributed by atoms with van der Waals surface area (Å²) in [5.74, 6) is -1.75. The summed E-state index contributed by atoms with van der Waals surface area (Å²) >= 11 is 1.31. The lowest BCUT2D eigenvalue weighted by molar-refractivity contribution is -0.138. The van der Waals surface area contributed by atoms with Gasteiger partial charge in [-0.2, -0.15) is 0 Å². The quantitative estimate of drug-likeness (QED) is 0.909. The molecule has 0 aliphatic carbocycles. The Hall–Kier alpha value is -2.22. The van der Waals surface area contributed by atoms with Crippen LogP contribution in [0, 0.1) is 6.92 Å². The van der Waals surface area contributed by atoms with Crippen molar-refractivity contribution < 1.29 is 14.7 Å². The molecule has 0 aliphatic rings. The molecule has 0 aliphatic heterocycles. The van der Waals surface area contributed by atoms with Crippen molar-refractivity contribution in [2.75, 3.05) is 6.54 Å². The Balaban J connectivity index is 2.52. The molecule has 112 valence electrons. The maximum absolute atomic E-state index is 12.4. The number of nitrogens with zero attached hydrogens (tertiary/aromatic N) is 3. The average Bonchev–Trinajstić information content (AvgIpc) is 2.77. The number of aliphatic carboxylic acids is 1. The number of hydrogen-bond donors (Lipinski definition) is 1. The molecule has 0 radical (unpaired) electrons. The van der Waals surface area contributed by atoms with Gasteiger partial charge in [0.25, 0.3) is 11.5 Å². The summed E-state index contributed by atoms with van der Waals surface area (Å²) in [5, 5.41) is 10.7. The van der Waals surface area contributed by atoms with Gasteiger partial charge in [0.05, 0.1) is 0 Å². The maximum Gasteiger partial charge on any atom is 0.323 e. The molecule has 8 heteroatoms. The van der Waals surface area contributed by atoms with Crippen molar-refractivity contribution in [1.82, 2.24) is 14.3 Å². The van der Waals surface area contributed by atoms with Gasteiger partial charge in [0.15, 0.2) is 4.96 Å². The summed E-state index contributed by atoms with van der Waals surface area (Å²) in [4.78, 5) is 41.4. The van der Waals surface area contributed by atoms with Crippen LogP contribution in [-0.4, -0.2) is 43.9 Å². The van der Waals surface area contributed by atoms with Crippen molar-refractivity contribution in [3.8, 4) is 0 Å². The zero-order valence-corrected chi connectivity index (χ0v) is 12.7. The topological polar surface area (TPSA) is 92.0 Å². The molecular weight excluding hydrogens is 294 g/mol. The van der Waals surface area contributed by atoms with E-state index in [9.17, 15) is 14.4 Å². The highest BCUT2D eigenvalue weighted by Gasteiger charge is 2.25. The number of carboxylic acids is 1. The van der Waals surface area contributed by atoms with Crippen molar-refractivity contribution in [2.24, 2.45) is 0 Å². The number of carbonyl (C=O) groups excluding carboxylic acids is 1. The van der Waals surface area contributed by atoms with E-state index in [2.05, 4.69) is 4.98 Å². The third-order valence-electron chi connectivity index (χ3n) is 3.04. The van der Waals surface area contributed by atoms with E-state index in [0.717, 1.165) is 4.90 Å². The van der Waals surface area contributed by atoms with Gasteiger partial charge < -0.3 is 10.0 Å². The minimum atomic E-state index is -1.13. The van der Waals surface area contributed by atoms with Gasteiger partial charge in [-0.15, -0.1) is 11.3 Å². The van der Waals surface area contributed by atoms with Gasteiger partial charge in [-0.3, -0.25) is 18.8 Å². The first-order chi connectivity index (χ1) is 9.82. The molecule has 1 N–H and O–H groups in total. The van der Waals surface area contributed by atoms with Crippen LogP contribution in [0.25, 0.3) is 4.96 Å². The standard InChI is InChI=1S/C13H15N3O4S/c1-7(2)15(5-10(17)18)11(19)9-4-14-13-16(12(9)20)8(3)6-21-13/h4,6-7H,5H2,1-3H3,(H,17,18). The predicted octanol–water partition coefficient (Wildman–Crippen LogP) is 1.000. The van der Waals surface area contributed by atoms with E-state index >= 15 is 0 Å². The second-order valence-electron chi connectivity index (χ2n) is 4.89. The zero-order valence-electron chi connectivity index (χ0n) is 11.9. The third-order valence-corrected chi connectivity index (χ3v) is 3.99. The highest BCUT2D eigenvalue weighted by atomic mass is 32.1. The van der Waals surface area contributed by atoms with E-state index in [1.165, 1.54) is 21.9 Å². The molecule has 0 spiro atoms. The Morgan fingerprint density at radius 1 is 1.48 bits per heavy atom. The monoisotopic (exact) mass is 309 g/mol. The lowest BCUT2D eigenvalue weighted by Crippen LogP contribution is -2.43. The van der Waals surface area contributed by atoms with Gasteiger partial charge in [-0.05, 0) is 20.8 Å². The minimum Gasteiger partial charge on any atom is -0.480 e. The molecule has 0 fully saturated rings. The largest absolute Gasteiger partial charge is 0.480 e. The highest BCUT2D eigenvalue weighted by molar-refractivity contribution is 7.15. The number of thiazole rings is 1. The molecule has 0 saturated carbocycles. The normalized spacial score (nSPS) is 11.0. The third kappa shape index (κ3) is 2.80. The Kier molecular flexibility index (Phi) is 4.08. The molecule has 1 amide bonds. The van der Waals surface area contributed by atoms with E-state index < -0.39 is 24.0 Å². The lowest BCUT2D eigenvalue weighted by atomic mass is 10.2. The molecule has 7 nitrogen and oxygen atoms in total. The molecule has 2 aromatic heterocycles. The summed E-state index contributed by atoms with van der Waals surface area (Å²) in [6.45, 7) is 4.68. The first-order valence-corrected chi connectivity index (χ1v) is 7.19.